The Kier molecular flexibility index (Phi) is 26.4. The molecular weight excluding hydrogens is 470 g/mol. The van der Waals surface area contributed by atoms with Crippen molar-refractivity contribution < 1.29 is 0 Å². The number of benzene rings is 1. The fraction of sp³-hybridized carbons (Fsp3) is 0.842. The molecule has 0 amide bonds. The highest BCUT2D eigenvalue weighted by Crippen LogP contribution is 2.18. The number of aryl methyl sites for hydroxylation is 1. The Balaban J connectivity index is 1.89. The number of nitrogens with zero attached hydrogens (tertiary/aromatic N) is 1. The van der Waals surface area contributed by atoms with E-state index < -0.39 is 0 Å². The summed E-state index contributed by atoms with van der Waals surface area (Å²) in [7, 11) is 2.26. The lowest BCUT2D eigenvalue weighted by Gasteiger charge is -2.19. The summed E-state index contributed by atoms with van der Waals surface area (Å²) in [4.78, 5) is 2.45. The Morgan fingerprint density at radius 2 is 0.692 bits per heavy atom. The van der Waals surface area contributed by atoms with Gasteiger partial charge in [0, 0.05) is 19.3 Å². The zero-order chi connectivity index (χ0) is 28.1. The largest absolute Gasteiger partial charge is 0.375 e. The molecule has 1 nitrogen and oxygen atoms in total. The van der Waals surface area contributed by atoms with Gasteiger partial charge in [0.25, 0.3) is 0 Å². The highest BCUT2D eigenvalue weighted by atomic mass is 15.1. The molecule has 0 aliphatic carbocycles. The Hall–Kier alpha value is -0.980. The van der Waals surface area contributed by atoms with Crippen LogP contribution in [0.15, 0.2) is 24.3 Å². The van der Waals surface area contributed by atoms with E-state index >= 15 is 0 Å². The quantitative estimate of drug-likeness (QED) is 0.0875. The molecule has 1 aromatic rings. The lowest BCUT2D eigenvalue weighted by Crippen LogP contribution is -2.18. The zero-order valence-corrected chi connectivity index (χ0v) is 27.3. The molecular formula is C38H71N. The van der Waals surface area contributed by atoms with Crippen molar-refractivity contribution in [2.75, 3.05) is 18.5 Å². The second-order valence-corrected chi connectivity index (χ2v) is 12.7. The third-order valence-electron chi connectivity index (χ3n) is 8.79. The molecule has 0 fully saturated rings. The van der Waals surface area contributed by atoms with Crippen LogP contribution in [0.2, 0.25) is 0 Å². The topological polar surface area (TPSA) is 3.24 Å². The van der Waals surface area contributed by atoms with E-state index in [1.807, 2.05) is 0 Å². The van der Waals surface area contributed by atoms with E-state index in [1.165, 1.54) is 198 Å². The van der Waals surface area contributed by atoms with E-state index in [9.17, 15) is 0 Å². The van der Waals surface area contributed by atoms with Crippen LogP contribution in [0.4, 0.5) is 5.69 Å². The van der Waals surface area contributed by atoms with Gasteiger partial charge in [0.2, 0.25) is 0 Å². The highest BCUT2D eigenvalue weighted by Gasteiger charge is 2.02. The monoisotopic (exact) mass is 542 g/mol. The van der Waals surface area contributed by atoms with Gasteiger partial charge >= 0.3 is 0 Å². The molecule has 0 aliphatic rings. The van der Waals surface area contributed by atoms with Gasteiger partial charge in [-0.2, -0.15) is 0 Å². The number of hydrogen-bond acceptors (Lipinski definition) is 1. The molecule has 228 valence electrons. The lowest BCUT2D eigenvalue weighted by molar-refractivity contribution is 0.527. The van der Waals surface area contributed by atoms with Crippen molar-refractivity contribution in [2.45, 2.75) is 194 Å². The lowest BCUT2D eigenvalue weighted by atomic mass is 10.0. The number of hydrogen-bond donors (Lipinski definition) is 0. The molecule has 0 atom stereocenters. The summed E-state index contributed by atoms with van der Waals surface area (Å²) >= 11 is 0. The van der Waals surface area contributed by atoms with Crippen LogP contribution in [0.3, 0.4) is 0 Å². The predicted octanol–water partition coefficient (Wildman–Crippen LogP) is 13.2. The van der Waals surface area contributed by atoms with Crippen molar-refractivity contribution in [1.29, 1.82) is 0 Å². The first-order chi connectivity index (χ1) is 19.3. The van der Waals surface area contributed by atoms with Crippen LogP contribution in [0.5, 0.6) is 0 Å². The van der Waals surface area contributed by atoms with Crippen molar-refractivity contribution in [3.63, 3.8) is 0 Å². The minimum Gasteiger partial charge on any atom is -0.375 e. The van der Waals surface area contributed by atoms with E-state index in [-0.39, 0.29) is 0 Å². The van der Waals surface area contributed by atoms with Gasteiger partial charge in [0.05, 0.1) is 0 Å². The van der Waals surface area contributed by atoms with Crippen molar-refractivity contribution >= 4 is 5.69 Å². The number of unbranched alkanes of at least 4 members (excludes halogenated alkanes) is 25. The Labute approximate surface area is 247 Å². The molecule has 0 N–H and O–H groups in total. The average molecular weight is 542 g/mol. The molecule has 0 saturated heterocycles. The smallest absolute Gasteiger partial charge is 0.0363 e. The Morgan fingerprint density at radius 1 is 0.385 bits per heavy atom. The number of rotatable bonds is 30. The van der Waals surface area contributed by atoms with Gasteiger partial charge in [-0.15, -0.1) is 0 Å². The summed E-state index contributed by atoms with van der Waals surface area (Å²) in [5.41, 5.74) is 2.91. The van der Waals surface area contributed by atoms with E-state index in [0.717, 1.165) is 0 Å². The molecule has 1 aromatic carbocycles. The summed E-state index contributed by atoms with van der Waals surface area (Å²) in [6.07, 6.45) is 40.0. The van der Waals surface area contributed by atoms with Gasteiger partial charge in [-0.25, -0.2) is 0 Å². The molecule has 0 spiro atoms. The fourth-order valence-corrected chi connectivity index (χ4v) is 5.94. The second kappa shape index (κ2) is 28.5. The molecule has 1 heteroatoms. The summed E-state index contributed by atoms with van der Waals surface area (Å²) in [5.74, 6) is 0. The molecule has 0 radical (unpaired) electrons. The molecule has 0 aromatic heterocycles. The maximum Gasteiger partial charge on any atom is 0.0363 e. The molecule has 1 rings (SSSR count). The van der Waals surface area contributed by atoms with Gasteiger partial charge in [0.1, 0.15) is 0 Å². The van der Waals surface area contributed by atoms with Crippen LogP contribution in [-0.2, 0) is 6.42 Å². The van der Waals surface area contributed by atoms with Crippen LogP contribution in [0.1, 0.15) is 193 Å². The highest BCUT2D eigenvalue weighted by molar-refractivity contribution is 5.46. The summed E-state index contributed by atoms with van der Waals surface area (Å²) < 4.78 is 0. The second-order valence-electron chi connectivity index (χ2n) is 12.7. The SMILES string of the molecule is CCCCCCCCCCCCCCCCCCCc1ccc(N(C)CCCCCCCCCCCC)cc1. The molecule has 39 heavy (non-hydrogen) atoms. The molecule has 0 aliphatic heterocycles. The number of anilines is 1. The molecule has 0 saturated carbocycles. The Morgan fingerprint density at radius 3 is 1.05 bits per heavy atom. The first-order valence-corrected chi connectivity index (χ1v) is 18.1. The van der Waals surface area contributed by atoms with Crippen molar-refractivity contribution in [1.82, 2.24) is 0 Å². The van der Waals surface area contributed by atoms with Crippen LogP contribution in [-0.4, -0.2) is 13.6 Å². The predicted molar refractivity (Wildman–Crippen MR) is 179 cm³/mol. The standard InChI is InChI=1S/C38H71N/c1-4-6-8-10-12-14-16-17-18-19-20-21-22-23-25-27-29-31-37-32-34-38(35-33-37)39(3)36-30-28-26-24-15-13-11-9-7-5-2/h32-35H,4-31,36H2,1-3H3. The minimum absolute atomic E-state index is 1.19. The fourth-order valence-electron chi connectivity index (χ4n) is 5.94. The van der Waals surface area contributed by atoms with E-state index in [4.69, 9.17) is 0 Å². The maximum absolute atomic E-state index is 2.45. The van der Waals surface area contributed by atoms with Crippen LogP contribution >= 0.6 is 0 Å². The minimum atomic E-state index is 1.19. The van der Waals surface area contributed by atoms with Crippen LogP contribution in [0.25, 0.3) is 0 Å². The first-order valence-electron chi connectivity index (χ1n) is 18.1. The van der Waals surface area contributed by atoms with E-state index in [1.54, 1.807) is 0 Å². The maximum atomic E-state index is 2.45. The Bertz CT molecular complexity index is 591. The van der Waals surface area contributed by atoms with E-state index in [0.29, 0.717) is 0 Å². The molecule has 0 unspecified atom stereocenters. The normalized spacial score (nSPS) is 11.4. The zero-order valence-electron chi connectivity index (χ0n) is 27.3. The van der Waals surface area contributed by atoms with Gasteiger partial charge < -0.3 is 4.90 Å². The van der Waals surface area contributed by atoms with Gasteiger partial charge in [0.15, 0.2) is 0 Å². The third-order valence-corrected chi connectivity index (χ3v) is 8.79. The van der Waals surface area contributed by atoms with Crippen molar-refractivity contribution in [3.8, 4) is 0 Å². The third kappa shape index (κ3) is 23.4. The average Bonchev–Trinajstić information content (AvgIpc) is 2.96. The van der Waals surface area contributed by atoms with E-state index in [2.05, 4.69) is 50.1 Å². The van der Waals surface area contributed by atoms with Crippen LogP contribution < -0.4 is 4.90 Å². The van der Waals surface area contributed by atoms with Gasteiger partial charge in [-0.1, -0.05) is 187 Å². The molecule has 0 bridgehead atoms. The van der Waals surface area contributed by atoms with Crippen LogP contribution in [0, 0.1) is 0 Å². The van der Waals surface area contributed by atoms with Crippen molar-refractivity contribution in [3.05, 3.63) is 29.8 Å². The summed E-state index contributed by atoms with van der Waals surface area (Å²) in [5, 5.41) is 0. The summed E-state index contributed by atoms with van der Waals surface area (Å²) in [6, 6.07) is 9.44. The summed E-state index contributed by atoms with van der Waals surface area (Å²) in [6.45, 7) is 5.79. The van der Waals surface area contributed by atoms with Gasteiger partial charge in [-0.3, -0.25) is 0 Å². The first kappa shape index (κ1) is 36.0. The molecule has 0 heterocycles. The van der Waals surface area contributed by atoms with Gasteiger partial charge in [-0.05, 0) is 37.0 Å². The van der Waals surface area contributed by atoms with Crippen molar-refractivity contribution in [2.24, 2.45) is 0 Å².